The highest BCUT2D eigenvalue weighted by atomic mass is 35.5. The Hall–Kier alpha value is -0.760. The van der Waals surface area contributed by atoms with Crippen LogP contribution in [0.25, 0.3) is 0 Å². The minimum Gasteiger partial charge on any atom is -0.474 e. The van der Waals surface area contributed by atoms with E-state index in [9.17, 15) is 0 Å². The molecule has 0 saturated heterocycles. The number of pyridine rings is 1. The van der Waals surface area contributed by atoms with E-state index in [1.807, 2.05) is 12.1 Å². The third kappa shape index (κ3) is 3.60. The summed E-state index contributed by atoms with van der Waals surface area (Å²) in [5.41, 5.74) is 1.03. The summed E-state index contributed by atoms with van der Waals surface area (Å²) in [5, 5.41) is 0. The molecule has 1 aromatic rings. The summed E-state index contributed by atoms with van der Waals surface area (Å²) in [6.07, 6.45) is 5.71. The first-order valence-electron chi connectivity index (χ1n) is 6.35. The lowest BCUT2D eigenvalue weighted by atomic mass is 9.82. The van der Waals surface area contributed by atoms with Gasteiger partial charge in [0.15, 0.2) is 0 Å². The van der Waals surface area contributed by atoms with Crippen molar-refractivity contribution in [2.45, 2.75) is 45.1 Å². The Balaban J connectivity index is 1.95. The number of nitrogens with zero attached hydrogens (tertiary/aromatic N) is 1. The van der Waals surface area contributed by atoms with E-state index in [4.69, 9.17) is 16.3 Å². The van der Waals surface area contributed by atoms with E-state index in [-0.39, 0.29) is 0 Å². The molecule has 1 aliphatic carbocycles. The van der Waals surface area contributed by atoms with Crippen LogP contribution in [0.15, 0.2) is 18.3 Å². The molecule has 1 fully saturated rings. The SMILES string of the molecule is CC1CC(C)CC(Oc2ccc(CCl)cn2)C1. The number of halogens is 1. The Bertz CT molecular complexity index is 342. The molecule has 2 rings (SSSR count). The fourth-order valence-electron chi connectivity index (χ4n) is 2.70. The second kappa shape index (κ2) is 5.72. The molecule has 1 aromatic heterocycles. The van der Waals surface area contributed by atoms with E-state index in [1.165, 1.54) is 6.42 Å². The van der Waals surface area contributed by atoms with Gasteiger partial charge in [0.2, 0.25) is 5.88 Å². The van der Waals surface area contributed by atoms with E-state index >= 15 is 0 Å². The molecule has 94 valence electrons. The van der Waals surface area contributed by atoms with Crippen LogP contribution < -0.4 is 4.74 Å². The summed E-state index contributed by atoms with van der Waals surface area (Å²) in [4.78, 5) is 4.29. The molecule has 0 radical (unpaired) electrons. The van der Waals surface area contributed by atoms with Gasteiger partial charge in [-0.1, -0.05) is 19.9 Å². The van der Waals surface area contributed by atoms with Crippen LogP contribution in [0.1, 0.15) is 38.7 Å². The van der Waals surface area contributed by atoms with Gasteiger partial charge in [0, 0.05) is 18.1 Å². The van der Waals surface area contributed by atoms with Crippen molar-refractivity contribution in [2.24, 2.45) is 11.8 Å². The lowest BCUT2D eigenvalue weighted by Gasteiger charge is -2.31. The summed E-state index contributed by atoms with van der Waals surface area (Å²) in [7, 11) is 0. The van der Waals surface area contributed by atoms with Gasteiger partial charge in [-0.25, -0.2) is 4.98 Å². The molecule has 1 heterocycles. The minimum absolute atomic E-state index is 0.322. The summed E-state index contributed by atoms with van der Waals surface area (Å²) in [6.45, 7) is 4.60. The Labute approximate surface area is 108 Å². The predicted octanol–water partition coefficient (Wildman–Crippen LogP) is 4.02. The predicted molar refractivity (Wildman–Crippen MR) is 70.4 cm³/mol. The molecule has 0 N–H and O–H groups in total. The third-order valence-electron chi connectivity index (χ3n) is 3.37. The first-order valence-corrected chi connectivity index (χ1v) is 6.88. The lowest BCUT2D eigenvalue weighted by Crippen LogP contribution is -2.28. The fraction of sp³-hybridized carbons (Fsp3) is 0.643. The topological polar surface area (TPSA) is 22.1 Å². The first-order chi connectivity index (χ1) is 8.17. The average molecular weight is 254 g/mol. The lowest BCUT2D eigenvalue weighted by molar-refractivity contribution is 0.0967. The van der Waals surface area contributed by atoms with Crippen LogP contribution in [0.5, 0.6) is 5.88 Å². The average Bonchev–Trinajstić information content (AvgIpc) is 2.28. The quantitative estimate of drug-likeness (QED) is 0.759. The maximum Gasteiger partial charge on any atom is 0.213 e. The molecule has 2 atom stereocenters. The van der Waals surface area contributed by atoms with Crippen LogP contribution in [0.3, 0.4) is 0 Å². The molecule has 0 amide bonds. The van der Waals surface area contributed by atoms with E-state index < -0.39 is 0 Å². The van der Waals surface area contributed by atoms with Gasteiger partial charge >= 0.3 is 0 Å². The maximum atomic E-state index is 5.94. The van der Waals surface area contributed by atoms with E-state index in [0.29, 0.717) is 12.0 Å². The van der Waals surface area contributed by atoms with Gasteiger partial charge in [0.25, 0.3) is 0 Å². The molecular formula is C14H20ClNO. The van der Waals surface area contributed by atoms with Crippen molar-refractivity contribution in [1.82, 2.24) is 4.98 Å². The van der Waals surface area contributed by atoms with Crippen molar-refractivity contribution in [3.63, 3.8) is 0 Å². The molecule has 1 saturated carbocycles. The molecule has 0 spiro atoms. The second-order valence-corrected chi connectivity index (χ2v) is 5.56. The van der Waals surface area contributed by atoms with E-state index in [2.05, 4.69) is 18.8 Å². The normalized spacial score (nSPS) is 29.0. The standard InChI is InChI=1S/C14H20ClNO/c1-10-5-11(2)7-13(6-10)17-14-4-3-12(8-15)9-16-14/h3-4,9-11,13H,5-8H2,1-2H3. The van der Waals surface area contributed by atoms with Gasteiger partial charge in [-0.3, -0.25) is 0 Å². The number of ether oxygens (including phenoxy) is 1. The highest BCUT2D eigenvalue weighted by Gasteiger charge is 2.25. The molecule has 2 unspecified atom stereocenters. The van der Waals surface area contributed by atoms with Gasteiger partial charge in [-0.2, -0.15) is 0 Å². The summed E-state index contributed by atoms with van der Waals surface area (Å²) in [5.74, 6) is 2.74. The van der Waals surface area contributed by atoms with Gasteiger partial charge in [0.05, 0.1) is 0 Å². The van der Waals surface area contributed by atoms with Gasteiger partial charge in [-0.15, -0.1) is 11.6 Å². The van der Waals surface area contributed by atoms with Crippen molar-refractivity contribution in [1.29, 1.82) is 0 Å². The van der Waals surface area contributed by atoms with Gasteiger partial charge in [0.1, 0.15) is 6.10 Å². The van der Waals surface area contributed by atoms with E-state index in [1.54, 1.807) is 6.20 Å². The Morgan fingerprint density at radius 1 is 1.24 bits per heavy atom. The van der Waals surface area contributed by atoms with Crippen molar-refractivity contribution in [3.05, 3.63) is 23.9 Å². The number of aromatic nitrogens is 1. The van der Waals surface area contributed by atoms with Crippen molar-refractivity contribution in [2.75, 3.05) is 0 Å². The largest absolute Gasteiger partial charge is 0.474 e. The molecule has 0 aliphatic heterocycles. The van der Waals surface area contributed by atoms with Crippen molar-refractivity contribution < 1.29 is 4.74 Å². The summed E-state index contributed by atoms with van der Waals surface area (Å²) in [6, 6.07) is 3.90. The van der Waals surface area contributed by atoms with E-state index in [0.717, 1.165) is 36.1 Å². The second-order valence-electron chi connectivity index (χ2n) is 5.30. The Morgan fingerprint density at radius 3 is 2.47 bits per heavy atom. The molecule has 0 bridgehead atoms. The minimum atomic E-state index is 0.322. The molecule has 0 aromatic carbocycles. The third-order valence-corrected chi connectivity index (χ3v) is 3.68. The number of hydrogen-bond acceptors (Lipinski definition) is 2. The van der Waals surface area contributed by atoms with Gasteiger partial charge in [-0.05, 0) is 36.7 Å². The zero-order valence-electron chi connectivity index (χ0n) is 10.5. The number of alkyl halides is 1. The molecule has 17 heavy (non-hydrogen) atoms. The van der Waals surface area contributed by atoms with Crippen LogP contribution in [0.4, 0.5) is 0 Å². The monoisotopic (exact) mass is 253 g/mol. The zero-order chi connectivity index (χ0) is 12.3. The fourth-order valence-corrected chi connectivity index (χ4v) is 2.86. The van der Waals surface area contributed by atoms with Crippen molar-refractivity contribution in [3.8, 4) is 5.88 Å². The summed E-state index contributed by atoms with van der Waals surface area (Å²) >= 11 is 5.73. The van der Waals surface area contributed by atoms with Crippen LogP contribution in [-0.4, -0.2) is 11.1 Å². The smallest absolute Gasteiger partial charge is 0.213 e. The molecular weight excluding hydrogens is 234 g/mol. The Kier molecular flexibility index (Phi) is 4.27. The number of rotatable bonds is 3. The van der Waals surface area contributed by atoms with Crippen LogP contribution in [0.2, 0.25) is 0 Å². The number of hydrogen-bond donors (Lipinski definition) is 0. The van der Waals surface area contributed by atoms with Gasteiger partial charge < -0.3 is 4.74 Å². The molecule has 2 nitrogen and oxygen atoms in total. The van der Waals surface area contributed by atoms with Crippen LogP contribution >= 0.6 is 11.6 Å². The highest BCUT2D eigenvalue weighted by Crippen LogP contribution is 2.30. The van der Waals surface area contributed by atoms with Crippen LogP contribution in [0, 0.1) is 11.8 Å². The van der Waals surface area contributed by atoms with Crippen molar-refractivity contribution >= 4 is 11.6 Å². The summed E-state index contributed by atoms with van der Waals surface area (Å²) < 4.78 is 5.94. The zero-order valence-corrected chi connectivity index (χ0v) is 11.3. The maximum absolute atomic E-state index is 5.94. The molecule has 3 heteroatoms. The highest BCUT2D eigenvalue weighted by molar-refractivity contribution is 6.17. The molecule has 1 aliphatic rings. The first kappa shape index (κ1) is 12.7. The Morgan fingerprint density at radius 2 is 1.94 bits per heavy atom. The van der Waals surface area contributed by atoms with Crippen LogP contribution in [-0.2, 0) is 5.88 Å².